The van der Waals surface area contributed by atoms with Gasteiger partial charge in [-0.25, -0.2) is 0 Å². The number of rotatable bonds is 61. The average Bonchev–Trinajstić information content (AvgIpc) is 3.38. The number of nitrogens with one attached hydrogen (secondary N) is 1. The molecule has 0 aromatic heterocycles. The number of allylic oxidation sites excluding steroid dienone is 4. The third kappa shape index (κ3) is 57.6. The second-order valence-corrected chi connectivity index (χ2v) is 22.5. The van der Waals surface area contributed by atoms with Crippen molar-refractivity contribution in [1.82, 2.24) is 5.32 Å². The molecule has 0 spiro atoms. The van der Waals surface area contributed by atoms with Gasteiger partial charge in [0.2, 0.25) is 5.91 Å². The molecule has 0 saturated heterocycles. The fourth-order valence-electron chi connectivity index (χ4n) is 10.3. The van der Waals surface area contributed by atoms with Crippen molar-refractivity contribution in [2.24, 2.45) is 0 Å². The fourth-order valence-corrected chi connectivity index (χ4v) is 10.3. The maximum Gasteiger partial charge on any atom is 0.305 e. The van der Waals surface area contributed by atoms with Crippen molar-refractivity contribution < 1.29 is 24.5 Å². The van der Waals surface area contributed by atoms with Crippen LogP contribution in [0.4, 0.5) is 0 Å². The van der Waals surface area contributed by atoms with E-state index < -0.39 is 12.1 Å². The van der Waals surface area contributed by atoms with E-state index in [0.717, 1.165) is 51.4 Å². The monoisotopic (exact) mass is 1010 g/mol. The minimum atomic E-state index is -0.700. The van der Waals surface area contributed by atoms with Gasteiger partial charge in [-0.05, 0) is 44.9 Å². The highest BCUT2D eigenvalue weighted by Crippen LogP contribution is 2.18. The first-order valence-corrected chi connectivity index (χ1v) is 32.6. The zero-order chi connectivity index (χ0) is 52.2. The van der Waals surface area contributed by atoms with E-state index >= 15 is 0 Å². The van der Waals surface area contributed by atoms with Gasteiger partial charge in [0.1, 0.15) is 0 Å². The minimum absolute atomic E-state index is 0.0115. The van der Waals surface area contributed by atoms with Crippen molar-refractivity contribution in [3.63, 3.8) is 0 Å². The first kappa shape index (κ1) is 70.3. The van der Waals surface area contributed by atoms with Crippen LogP contribution in [-0.4, -0.2) is 47.4 Å². The molecule has 0 bridgehead atoms. The molecule has 426 valence electrons. The van der Waals surface area contributed by atoms with Gasteiger partial charge in [-0.15, -0.1) is 0 Å². The molecule has 0 aliphatic heterocycles. The van der Waals surface area contributed by atoms with E-state index in [4.69, 9.17) is 4.74 Å². The van der Waals surface area contributed by atoms with Gasteiger partial charge in [0.05, 0.1) is 25.4 Å². The number of aliphatic hydroxyl groups is 2. The van der Waals surface area contributed by atoms with Gasteiger partial charge in [-0.2, -0.15) is 0 Å². The Balaban J connectivity index is 3.49. The van der Waals surface area contributed by atoms with Gasteiger partial charge < -0.3 is 20.3 Å². The van der Waals surface area contributed by atoms with Crippen LogP contribution >= 0.6 is 0 Å². The lowest BCUT2D eigenvalue weighted by Crippen LogP contribution is -2.45. The molecule has 0 rings (SSSR count). The van der Waals surface area contributed by atoms with Crippen LogP contribution in [0.15, 0.2) is 24.3 Å². The Bertz CT molecular complexity index is 1120. The van der Waals surface area contributed by atoms with Crippen molar-refractivity contribution in [2.75, 3.05) is 13.2 Å². The Morgan fingerprint density at radius 3 is 1.08 bits per heavy atom. The standard InChI is InChI=1S/C66H127NO5/c1-3-5-7-9-11-13-15-17-19-21-23-24-25-26-27-28-29-31-34-38-42-46-50-54-58-64(69)63(62-68)67-65(70)59-55-51-47-43-39-35-33-37-41-45-49-53-57-61-72-66(71)60-56-52-48-44-40-36-32-30-22-20-18-16-14-12-10-8-6-4-2/h35,39,47,51,63-64,68-69H,3-34,36-38,40-46,48-50,52-62H2,1-2H3,(H,67,70)/b39-35-,51-47-. The molecule has 2 unspecified atom stereocenters. The number of unbranched alkanes of at least 4 members (excludes halogenated alkanes) is 46. The van der Waals surface area contributed by atoms with Crippen LogP contribution in [0.2, 0.25) is 0 Å². The van der Waals surface area contributed by atoms with E-state index in [0.29, 0.717) is 32.3 Å². The summed E-state index contributed by atoms with van der Waals surface area (Å²) >= 11 is 0. The summed E-state index contributed by atoms with van der Waals surface area (Å²) in [4.78, 5) is 24.6. The Hall–Kier alpha value is -1.66. The van der Waals surface area contributed by atoms with Crippen molar-refractivity contribution in [1.29, 1.82) is 0 Å². The molecule has 1 amide bonds. The molecule has 6 nitrogen and oxygen atoms in total. The third-order valence-corrected chi connectivity index (χ3v) is 15.3. The number of carbonyl (C=O) groups excluding carboxylic acids is 2. The summed E-state index contributed by atoms with van der Waals surface area (Å²) in [5, 5.41) is 23.3. The van der Waals surface area contributed by atoms with E-state index in [-0.39, 0.29) is 18.5 Å². The highest BCUT2D eigenvalue weighted by atomic mass is 16.5. The number of carbonyl (C=O) groups is 2. The van der Waals surface area contributed by atoms with Gasteiger partial charge in [-0.1, -0.05) is 327 Å². The number of ether oxygens (including phenoxy) is 1. The van der Waals surface area contributed by atoms with Crippen LogP contribution in [0.1, 0.15) is 361 Å². The SMILES string of the molecule is CCCCCCCCCCCCCCCCCCCCCCCCCCC(O)C(CO)NC(=O)CC/C=C\C/C=C\CCCCCCCCOC(=O)CCCCCCCCCCCCCCCCCCCC. The molecule has 3 N–H and O–H groups in total. The first-order chi connectivity index (χ1) is 35.5. The summed E-state index contributed by atoms with van der Waals surface area (Å²) in [6.07, 6.45) is 76.4. The molecule has 0 aliphatic carbocycles. The highest BCUT2D eigenvalue weighted by Gasteiger charge is 2.20. The van der Waals surface area contributed by atoms with E-state index in [1.807, 2.05) is 0 Å². The van der Waals surface area contributed by atoms with Crippen LogP contribution in [0.25, 0.3) is 0 Å². The van der Waals surface area contributed by atoms with Crippen molar-refractivity contribution in [3.8, 4) is 0 Å². The summed E-state index contributed by atoms with van der Waals surface area (Å²) in [5.74, 6) is -0.123. The van der Waals surface area contributed by atoms with Gasteiger partial charge in [0, 0.05) is 12.8 Å². The van der Waals surface area contributed by atoms with Gasteiger partial charge >= 0.3 is 5.97 Å². The maximum absolute atomic E-state index is 12.5. The summed E-state index contributed by atoms with van der Waals surface area (Å²) < 4.78 is 5.48. The maximum atomic E-state index is 12.5. The number of hydrogen-bond acceptors (Lipinski definition) is 5. The van der Waals surface area contributed by atoms with E-state index in [1.54, 1.807) is 0 Å². The number of esters is 1. The molecule has 2 atom stereocenters. The third-order valence-electron chi connectivity index (χ3n) is 15.3. The summed E-state index contributed by atoms with van der Waals surface area (Å²) in [7, 11) is 0. The highest BCUT2D eigenvalue weighted by molar-refractivity contribution is 5.76. The van der Waals surface area contributed by atoms with Crippen LogP contribution in [0, 0.1) is 0 Å². The Morgan fingerprint density at radius 1 is 0.389 bits per heavy atom. The Labute approximate surface area is 450 Å². The Kier molecular flexibility index (Phi) is 60.5. The van der Waals surface area contributed by atoms with Crippen molar-refractivity contribution in [2.45, 2.75) is 373 Å². The summed E-state index contributed by atoms with van der Waals surface area (Å²) in [6, 6.07) is -0.586. The molecule has 0 heterocycles. The quantitative estimate of drug-likeness (QED) is 0.0320. The van der Waals surface area contributed by atoms with Crippen LogP contribution in [0.3, 0.4) is 0 Å². The van der Waals surface area contributed by atoms with Crippen LogP contribution < -0.4 is 5.32 Å². The molecule has 0 aliphatic rings. The lowest BCUT2D eigenvalue weighted by molar-refractivity contribution is -0.143. The summed E-state index contributed by atoms with van der Waals surface area (Å²) in [6.45, 7) is 4.93. The van der Waals surface area contributed by atoms with Crippen LogP contribution in [-0.2, 0) is 14.3 Å². The molecule has 0 aromatic carbocycles. The van der Waals surface area contributed by atoms with E-state index in [9.17, 15) is 19.8 Å². The normalized spacial score (nSPS) is 12.7. The topological polar surface area (TPSA) is 95.9 Å². The van der Waals surface area contributed by atoms with Crippen molar-refractivity contribution >= 4 is 11.9 Å². The van der Waals surface area contributed by atoms with E-state index in [2.05, 4.69) is 43.5 Å². The largest absolute Gasteiger partial charge is 0.466 e. The smallest absolute Gasteiger partial charge is 0.305 e. The van der Waals surface area contributed by atoms with Gasteiger partial charge in [-0.3, -0.25) is 9.59 Å². The number of amides is 1. The molecule has 0 fully saturated rings. The number of hydrogen-bond donors (Lipinski definition) is 3. The Morgan fingerprint density at radius 2 is 0.708 bits per heavy atom. The second-order valence-electron chi connectivity index (χ2n) is 22.5. The minimum Gasteiger partial charge on any atom is -0.466 e. The lowest BCUT2D eigenvalue weighted by atomic mass is 10.0. The molecular formula is C66H127NO5. The first-order valence-electron chi connectivity index (χ1n) is 32.6. The predicted molar refractivity (Wildman–Crippen MR) is 315 cm³/mol. The van der Waals surface area contributed by atoms with Gasteiger partial charge in [0.25, 0.3) is 0 Å². The number of aliphatic hydroxyl groups excluding tert-OH is 2. The zero-order valence-corrected chi connectivity index (χ0v) is 48.7. The molecule has 6 heteroatoms. The lowest BCUT2D eigenvalue weighted by Gasteiger charge is -2.22. The fraction of sp³-hybridized carbons (Fsp3) is 0.909. The molecule has 72 heavy (non-hydrogen) atoms. The van der Waals surface area contributed by atoms with Crippen molar-refractivity contribution in [3.05, 3.63) is 24.3 Å². The van der Waals surface area contributed by atoms with Gasteiger partial charge in [0.15, 0.2) is 0 Å². The molecule has 0 aromatic rings. The van der Waals surface area contributed by atoms with Crippen LogP contribution in [0.5, 0.6) is 0 Å². The second kappa shape index (κ2) is 61.9. The predicted octanol–water partition coefficient (Wildman–Crippen LogP) is 20.6. The molecule has 0 radical (unpaired) electrons. The average molecular weight is 1010 g/mol. The van der Waals surface area contributed by atoms with E-state index in [1.165, 1.54) is 270 Å². The zero-order valence-electron chi connectivity index (χ0n) is 48.7. The molecular weight excluding hydrogens is 887 g/mol. The molecule has 0 saturated carbocycles. The summed E-state index contributed by atoms with van der Waals surface area (Å²) in [5.41, 5.74) is 0.